The highest BCUT2D eigenvalue weighted by molar-refractivity contribution is 6.17. The summed E-state index contributed by atoms with van der Waals surface area (Å²) >= 11 is 0. The fraction of sp³-hybridized carbons (Fsp3) is 0.0417. The van der Waals surface area contributed by atoms with Crippen LogP contribution >= 0.6 is 0 Å². The second-order valence-electron chi connectivity index (χ2n) is 14.0. The number of aromatic nitrogens is 2. The SMILES string of the molecule is c1ccc(-c2ccc3c4c(cccc24)C24c5cccc6c(-c7ccncc7)ccc(c56)C32c2ccc(-c3ccncc3)c3cccc4c23)cc1. The molecule has 0 spiro atoms. The van der Waals surface area contributed by atoms with Gasteiger partial charge in [-0.2, -0.15) is 0 Å². The van der Waals surface area contributed by atoms with Crippen molar-refractivity contribution in [3.05, 3.63) is 204 Å². The summed E-state index contributed by atoms with van der Waals surface area (Å²) in [5, 5.41) is 8.10. The molecule has 2 nitrogen and oxygen atoms in total. The minimum absolute atomic E-state index is 0.429. The van der Waals surface area contributed by atoms with E-state index in [0.717, 1.165) is 0 Å². The quantitative estimate of drug-likeness (QED) is 0.194. The van der Waals surface area contributed by atoms with Crippen molar-refractivity contribution in [3.63, 3.8) is 0 Å². The minimum Gasteiger partial charge on any atom is -0.265 e. The molecule has 0 atom stereocenters. The second-order valence-corrected chi connectivity index (χ2v) is 14.0. The summed E-state index contributed by atoms with van der Waals surface area (Å²) in [7, 11) is 0. The van der Waals surface area contributed by atoms with E-state index < -0.39 is 10.8 Å². The molecule has 3 aliphatic rings. The van der Waals surface area contributed by atoms with E-state index in [1.165, 1.54) is 99.1 Å². The van der Waals surface area contributed by atoms with Crippen LogP contribution < -0.4 is 0 Å². The third kappa shape index (κ3) is 2.84. The molecule has 230 valence electrons. The predicted octanol–water partition coefficient (Wildman–Crippen LogP) is 11.2. The van der Waals surface area contributed by atoms with Gasteiger partial charge in [0.05, 0.1) is 10.8 Å². The summed E-state index contributed by atoms with van der Waals surface area (Å²) in [6.07, 6.45) is 7.60. The molecular formula is C48H28N2. The maximum Gasteiger partial charge on any atom is 0.0648 e. The molecule has 2 heterocycles. The Morgan fingerprint density at radius 1 is 0.280 bits per heavy atom. The molecule has 9 aromatic rings. The summed E-state index contributed by atoms with van der Waals surface area (Å²) in [6, 6.07) is 55.1. The number of nitrogens with zero attached hydrogens (tertiary/aromatic N) is 2. The molecule has 12 rings (SSSR count). The van der Waals surface area contributed by atoms with Crippen molar-refractivity contribution in [3.8, 4) is 33.4 Å². The summed E-state index contributed by atoms with van der Waals surface area (Å²) in [5.74, 6) is 0. The van der Waals surface area contributed by atoms with Gasteiger partial charge in [0.1, 0.15) is 0 Å². The van der Waals surface area contributed by atoms with E-state index in [4.69, 9.17) is 0 Å². The Kier molecular flexibility index (Phi) is 4.88. The van der Waals surface area contributed by atoms with Crippen LogP contribution in [0.2, 0.25) is 0 Å². The molecule has 0 saturated carbocycles. The van der Waals surface area contributed by atoms with Gasteiger partial charge in [0.2, 0.25) is 0 Å². The maximum atomic E-state index is 4.34. The molecule has 3 aliphatic carbocycles. The highest BCUT2D eigenvalue weighted by atomic mass is 14.7. The Labute approximate surface area is 289 Å². The Balaban J connectivity index is 1.28. The van der Waals surface area contributed by atoms with E-state index >= 15 is 0 Å². The lowest BCUT2D eigenvalue weighted by Crippen LogP contribution is -2.42. The zero-order valence-corrected chi connectivity index (χ0v) is 27.1. The predicted molar refractivity (Wildman–Crippen MR) is 204 cm³/mol. The zero-order valence-electron chi connectivity index (χ0n) is 27.1. The first-order chi connectivity index (χ1) is 24.8. The van der Waals surface area contributed by atoms with Crippen LogP contribution in [0.1, 0.15) is 33.4 Å². The fourth-order valence-electron chi connectivity index (χ4n) is 10.6. The second kappa shape index (κ2) is 9.19. The van der Waals surface area contributed by atoms with Gasteiger partial charge in [0, 0.05) is 24.8 Å². The first-order valence-electron chi connectivity index (χ1n) is 17.4. The van der Waals surface area contributed by atoms with Crippen LogP contribution in [-0.4, -0.2) is 9.97 Å². The van der Waals surface area contributed by atoms with Crippen molar-refractivity contribution in [2.75, 3.05) is 0 Å². The van der Waals surface area contributed by atoms with Gasteiger partial charge in [0.25, 0.3) is 0 Å². The molecule has 0 N–H and O–H groups in total. The zero-order chi connectivity index (χ0) is 32.6. The lowest BCUT2D eigenvalue weighted by molar-refractivity contribution is 0.492. The van der Waals surface area contributed by atoms with Gasteiger partial charge in [-0.25, -0.2) is 0 Å². The number of hydrogen-bond acceptors (Lipinski definition) is 2. The highest BCUT2D eigenvalue weighted by Crippen LogP contribution is 2.76. The van der Waals surface area contributed by atoms with Crippen LogP contribution in [0.5, 0.6) is 0 Å². The average Bonchev–Trinajstić information content (AvgIpc) is 3.72. The molecule has 0 saturated heterocycles. The van der Waals surface area contributed by atoms with Gasteiger partial charge in [-0.05, 0) is 123 Å². The van der Waals surface area contributed by atoms with E-state index in [2.05, 4.69) is 156 Å². The lowest BCUT2D eigenvalue weighted by Gasteiger charge is -2.40. The van der Waals surface area contributed by atoms with Crippen LogP contribution in [-0.2, 0) is 10.8 Å². The van der Waals surface area contributed by atoms with E-state index in [9.17, 15) is 0 Å². The smallest absolute Gasteiger partial charge is 0.0648 e. The standard InChI is InChI=1S/C48H28N2/c1-2-7-29(8-3-1)32-15-18-41-44-35(32)9-4-12-38(44)47-39-13-5-10-36-33(30-21-25-49-26-22-30)16-19-42(45(36)39)48(41,47)43-20-17-34(31-23-27-50-28-24-31)37-11-6-14-40(47)46(37)43/h1-28H. The number of rotatable bonds is 3. The average molecular weight is 633 g/mol. The Bertz CT molecular complexity index is 2560. The molecule has 2 heteroatoms. The van der Waals surface area contributed by atoms with Crippen LogP contribution in [0.3, 0.4) is 0 Å². The van der Waals surface area contributed by atoms with E-state index in [-0.39, 0.29) is 0 Å². The number of hydrogen-bond donors (Lipinski definition) is 0. The molecule has 0 fully saturated rings. The van der Waals surface area contributed by atoms with E-state index in [0.29, 0.717) is 0 Å². The molecule has 0 aliphatic heterocycles. The first-order valence-corrected chi connectivity index (χ1v) is 17.4. The van der Waals surface area contributed by atoms with Crippen molar-refractivity contribution < 1.29 is 0 Å². The van der Waals surface area contributed by atoms with Gasteiger partial charge < -0.3 is 0 Å². The third-order valence-corrected chi connectivity index (χ3v) is 12.2. The van der Waals surface area contributed by atoms with E-state index in [1.807, 2.05) is 24.8 Å². The Morgan fingerprint density at radius 3 is 1.00 bits per heavy atom. The Morgan fingerprint density at radius 2 is 0.620 bits per heavy atom. The molecular weight excluding hydrogens is 605 g/mol. The van der Waals surface area contributed by atoms with Crippen LogP contribution in [0.4, 0.5) is 0 Å². The Hall–Kier alpha value is -6.38. The first kappa shape index (κ1) is 26.6. The van der Waals surface area contributed by atoms with Gasteiger partial charge in [0.15, 0.2) is 0 Å². The summed E-state index contributed by atoms with van der Waals surface area (Å²) in [4.78, 5) is 8.67. The molecule has 2 aromatic heterocycles. The molecule has 50 heavy (non-hydrogen) atoms. The molecule has 0 amide bonds. The van der Waals surface area contributed by atoms with Crippen molar-refractivity contribution in [1.29, 1.82) is 0 Å². The largest absolute Gasteiger partial charge is 0.265 e. The van der Waals surface area contributed by atoms with Crippen LogP contribution in [0, 0.1) is 0 Å². The van der Waals surface area contributed by atoms with Gasteiger partial charge in [-0.1, -0.05) is 121 Å². The molecule has 0 bridgehead atoms. The summed E-state index contributed by atoms with van der Waals surface area (Å²) in [6.45, 7) is 0. The number of benzene rings is 7. The van der Waals surface area contributed by atoms with E-state index in [1.54, 1.807) is 0 Å². The van der Waals surface area contributed by atoms with Gasteiger partial charge in [-0.15, -0.1) is 0 Å². The molecule has 7 aromatic carbocycles. The summed E-state index contributed by atoms with van der Waals surface area (Å²) in [5.41, 5.74) is 15.0. The minimum atomic E-state index is -0.429. The van der Waals surface area contributed by atoms with Crippen molar-refractivity contribution >= 4 is 32.3 Å². The van der Waals surface area contributed by atoms with Crippen LogP contribution in [0.15, 0.2) is 170 Å². The lowest BCUT2D eigenvalue weighted by atomic mass is 9.59. The van der Waals surface area contributed by atoms with Crippen LogP contribution in [0.25, 0.3) is 65.7 Å². The normalized spacial score (nSPS) is 19.0. The maximum absolute atomic E-state index is 4.34. The summed E-state index contributed by atoms with van der Waals surface area (Å²) < 4.78 is 0. The van der Waals surface area contributed by atoms with Crippen molar-refractivity contribution in [2.45, 2.75) is 10.8 Å². The topological polar surface area (TPSA) is 25.8 Å². The monoisotopic (exact) mass is 632 g/mol. The molecule has 0 radical (unpaired) electrons. The van der Waals surface area contributed by atoms with Crippen molar-refractivity contribution in [2.24, 2.45) is 0 Å². The third-order valence-electron chi connectivity index (χ3n) is 12.2. The van der Waals surface area contributed by atoms with Gasteiger partial charge >= 0.3 is 0 Å². The molecule has 0 unspecified atom stereocenters. The highest BCUT2D eigenvalue weighted by Gasteiger charge is 2.70. The van der Waals surface area contributed by atoms with Gasteiger partial charge in [-0.3, -0.25) is 9.97 Å². The fourth-order valence-corrected chi connectivity index (χ4v) is 10.6. The van der Waals surface area contributed by atoms with Crippen molar-refractivity contribution in [1.82, 2.24) is 9.97 Å². The number of pyridine rings is 2.